The van der Waals surface area contributed by atoms with Gasteiger partial charge in [-0.05, 0) is 47.5 Å². The summed E-state index contributed by atoms with van der Waals surface area (Å²) in [5.74, 6) is 2.82. The highest BCUT2D eigenvalue weighted by Gasteiger charge is 2.20. The molecule has 1 N–H and O–H groups in total. The van der Waals surface area contributed by atoms with Crippen molar-refractivity contribution >= 4 is 27.6 Å². The van der Waals surface area contributed by atoms with Gasteiger partial charge in [0.05, 0.1) is 0 Å². The molecule has 1 aliphatic heterocycles. The molecule has 0 radical (unpaired) electrons. The summed E-state index contributed by atoms with van der Waals surface area (Å²) in [6.45, 7) is 7.59. The first-order valence-corrected chi connectivity index (χ1v) is 8.54. The van der Waals surface area contributed by atoms with E-state index in [4.69, 9.17) is 0 Å². The Morgan fingerprint density at radius 1 is 1.30 bits per heavy atom. The third-order valence-electron chi connectivity index (χ3n) is 4.04. The highest BCUT2D eigenvalue weighted by atomic mass is 79.9. The first-order chi connectivity index (χ1) is 9.76. The molecule has 112 valence electrons. The Labute approximate surface area is 130 Å². The van der Waals surface area contributed by atoms with E-state index < -0.39 is 0 Å². The van der Waals surface area contributed by atoms with Crippen LogP contribution in [0.1, 0.15) is 46.0 Å². The lowest BCUT2D eigenvalue weighted by Crippen LogP contribution is -2.26. The van der Waals surface area contributed by atoms with Crippen molar-refractivity contribution < 1.29 is 0 Å². The second kappa shape index (κ2) is 7.81. The summed E-state index contributed by atoms with van der Waals surface area (Å²) in [7, 11) is 0. The summed E-state index contributed by atoms with van der Waals surface area (Å²) in [5, 5.41) is 3.35. The van der Waals surface area contributed by atoms with E-state index in [1.54, 1.807) is 6.33 Å². The van der Waals surface area contributed by atoms with Crippen LogP contribution in [0.4, 0.5) is 11.6 Å². The Bertz CT molecular complexity index is 424. The second-order valence-electron chi connectivity index (χ2n) is 5.48. The molecule has 0 amide bonds. The molecule has 5 heteroatoms. The summed E-state index contributed by atoms with van der Waals surface area (Å²) in [5.41, 5.74) is 0. The molecule has 1 saturated heterocycles. The monoisotopic (exact) mass is 340 g/mol. The summed E-state index contributed by atoms with van der Waals surface area (Å²) in [4.78, 5) is 11.2. The van der Waals surface area contributed by atoms with E-state index in [2.05, 4.69) is 50.0 Å². The molecule has 0 spiro atoms. The van der Waals surface area contributed by atoms with Gasteiger partial charge in [-0.2, -0.15) is 0 Å². The largest absolute Gasteiger partial charge is 0.369 e. The van der Waals surface area contributed by atoms with Gasteiger partial charge in [0.15, 0.2) is 0 Å². The van der Waals surface area contributed by atoms with Crippen molar-refractivity contribution in [1.29, 1.82) is 0 Å². The zero-order chi connectivity index (χ0) is 14.4. The summed E-state index contributed by atoms with van der Waals surface area (Å²) in [6.07, 6.45) is 7.92. The minimum atomic E-state index is 0.873. The first kappa shape index (κ1) is 15.5. The van der Waals surface area contributed by atoms with E-state index in [1.807, 2.05) is 0 Å². The van der Waals surface area contributed by atoms with Crippen molar-refractivity contribution in [3.63, 3.8) is 0 Å². The molecule has 0 aromatic carbocycles. The molecule has 0 saturated carbocycles. The lowest BCUT2D eigenvalue weighted by molar-refractivity contribution is 0.459. The van der Waals surface area contributed by atoms with Crippen LogP contribution in [0.15, 0.2) is 10.8 Å². The highest BCUT2D eigenvalue weighted by Crippen LogP contribution is 2.32. The van der Waals surface area contributed by atoms with E-state index in [9.17, 15) is 0 Å². The molecule has 0 aliphatic carbocycles. The third kappa shape index (κ3) is 3.84. The molecule has 4 nitrogen and oxygen atoms in total. The third-order valence-corrected chi connectivity index (χ3v) is 4.77. The number of hydrogen-bond donors (Lipinski definition) is 1. The maximum absolute atomic E-state index is 4.49. The van der Waals surface area contributed by atoms with E-state index in [0.29, 0.717) is 0 Å². The molecule has 2 heterocycles. The first-order valence-electron chi connectivity index (χ1n) is 7.75. The Hall–Kier alpha value is -0.840. The number of anilines is 2. The fraction of sp³-hybridized carbons (Fsp3) is 0.733. The zero-order valence-electron chi connectivity index (χ0n) is 12.5. The van der Waals surface area contributed by atoms with Crippen LogP contribution in [0, 0.1) is 5.92 Å². The minimum absolute atomic E-state index is 0.873. The summed E-state index contributed by atoms with van der Waals surface area (Å²) < 4.78 is 1.00. The van der Waals surface area contributed by atoms with Crippen molar-refractivity contribution in [1.82, 2.24) is 9.97 Å². The smallest absolute Gasteiger partial charge is 0.148 e. The van der Waals surface area contributed by atoms with Gasteiger partial charge in [-0.1, -0.05) is 20.3 Å². The average molecular weight is 341 g/mol. The van der Waals surface area contributed by atoms with Crippen molar-refractivity contribution in [2.45, 2.75) is 46.0 Å². The molecule has 1 aromatic heterocycles. The number of nitrogens with zero attached hydrogens (tertiary/aromatic N) is 3. The molecule has 20 heavy (non-hydrogen) atoms. The van der Waals surface area contributed by atoms with Crippen molar-refractivity contribution in [2.75, 3.05) is 29.9 Å². The Morgan fingerprint density at radius 2 is 2.15 bits per heavy atom. The van der Waals surface area contributed by atoms with E-state index in [-0.39, 0.29) is 0 Å². The van der Waals surface area contributed by atoms with Crippen LogP contribution in [0.5, 0.6) is 0 Å². The quantitative estimate of drug-likeness (QED) is 0.876. The van der Waals surface area contributed by atoms with Crippen LogP contribution in [0.25, 0.3) is 0 Å². The SMILES string of the molecule is CCCNc1ncnc(N2CCCC(CC)CC2)c1Br. The lowest BCUT2D eigenvalue weighted by atomic mass is 9.98. The van der Waals surface area contributed by atoms with E-state index in [1.165, 1.54) is 25.7 Å². The van der Waals surface area contributed by atoms with Gasteiger partial charge >= 0.3 is 0 Å². The molecule has 1 fully saturated rings. The molecule has 1 unspecified atom stereocenters. The van der Waals surface area contributed by atoms with Gasteiger partial charge < -0.3 is 10.2 Å². The van der Waals surface area contributed by atoms with E-state index in [0.717, 1.165) is 48.1 Å². The van der Waals surface area contributed by atoms with Crippen LogP contribution >= 0.6 is 15.9 Å². The molecular formula is C15H25BrN4. The fourth-order valence-corrected chi connectivity index (χ4v) is 3.33. The van der Waals surface area contributed by atoms with Crippen LogP contribution in [-0.2, 0) is 0 Å². The second-order valence-corrected chi connectivity index (χ2v) is 6.27. The molecule has 0 bridgehead atoms. The minimum Gasteiger partial charge on any atom is -0.369 e. The van der Waals surface area contributed by atoms with Gasteiger partial charge in [0.2, 0.25) is 0 Å². The predicted molar refractivity (Wildman–Crippen MR) is 88.4 cm³/mol. The fourth-order valence-electron chi connectivity index (χ4n) is 2.73. The Balaban J connectivity index is 2.11. The molecular weight excluding hydrogens is 316 g/mol. The number of aromatic nitrogens is 2. The lowest BCUT2D eigenvalue weighted by Gasteiger charge is -2.23. The van der Waals surface area contributed by atoms with Gasteiger partial charge in [0, 0.05) is 19.6 Å². The predicted octanol–water partition coefficient (Wildman–Crippen LogP) is 4.08. The van der Waals surface area contributed by atoms with Gasteiger partial charge in [0.1, 0.15) is 22.4 Å². The molecule has 1 atom stereocenters. The van der Waals surface area contributed by atoms with Crippen molar-refractivity contribution in [3.8, 4) is 0 Å². The standard InChI is InChI=1S/C15H25BrN4/c1-3-8-17-14-13(16)15(19-11-18-14)20-9-5-6-12(4-2)7-10-20/h11-12H,3-10H2,1-2H3,(H,17,18,19). The number of nitrogens with one attached hydrogen (secondary N) is 1. The number of rotatable bonds is 5. The highest BCUT2D eigenvalue weighted by molar-refractivity contribution is 9.10. The Morgan fingerprint density at radius 3 is 2.90 bits per heavy atom. The number of hydrogen-bond acceptors (Lipinski definition) is 4. The van der Waals surface area contributed by atoms with Crippen LogP contribution < -0.4 is 10.2 Å². The van der Waals surface area contributed by atoms with Gasteiger partial charge in [-0.25, -0.2) is 9.97 Å². The maximum Gasteiger partial charge on any atom is 0.148 e. The molecule has 1 aliphatic rings. The molecule has 1 aromatic rings. The van der Waals surface area contributed by atoms with Gasteiger partial charge in [-0.15, -0.1) is 0 Å². The topological polar surface area (TPSA) is 41.1 Å². The molecule has 2 rings (SSSR count). The Kier molecular flexibility index (Phi) is 6.07. The van der Waals surface area contributed by atoms with Crippen LogP contribution in [0.2, 0.25) is 0 Å². The summed E-state index contributed by atoms with van der Waals surface area (Å²) >= 11 is 3.68. The van der Waals surface area contributed by atoms with Gasteiger partial charge in [0.25, 0.3) is 0 Å². The normalized spacial score (nSPS) is 19.8. The van der Waals surface area contributed by atoms with Gasteiger partial charge in [-0.3, -0.25) is 0 Å². The summed E-state index contributed by atoms with van der Waals surface area (Å²) in [6, 6.07) is 0. The van der Waals surface area contributed by atoms with Crippen LogP contribution in [-0.4, -0.2) is 29.6 Å². The average Bonchev–Trinajstić information content (AvgIpc) is 2.71. The van der Waals surface area contributed by atoms with E-state index >= 15 is 0 Å². The maximum atomic E-state index is 4.49. The number of halogens is 1. The van der Waals surface area contributed by atoms with Crippen molar-refractivity contribution in [2.24, 2.45) is 5.92 Å². The van der Waals surface area contributed by atoms with Crippen LogP contribution in [0.3, 0.4) is 0 Å². The van der Waals surface area contributed by atoms with Crippen molar-refractivity contribution in [3.05, 3.63) is 10.8 Å². The zero-order valence-corrected chi connectivity index (χ0v) is 14.1.